The Morgan fingerprint density at radius 2 is 2.29 bits per heavy atom. The van der Waals surface area contributed by atoms with E-state index in [1.165, 1.54) is 18.4 Å². The van der Waals surface area contributed by atoms with E-state index < -0.39 is 0 Å². The number of aromatic nitrogens is 2. The molecular formula is C16H20BrN3O. The predicted octanol–water partition coefficient (Wildman–Crippen LogP) is 3.35. The minimum absolute atomic E-state index is 0.481. The highest BCUT2D eigenvalue weighted by Gasteiger charge is 2.31. The van der Waals surface area contributed by atoms with Crippen LogP contribution in [0.25, 0.3) is 0 Å². The Balaban J connectivity index is 1.62. The van der Waals surface area contributed by atoms with Crippen LogP contribution in [0.15, 0.2) is 33.3 Å². The molecule has 2 aromatic rings. The summed E-state index contributed by atoms with van der Waals surface area (Å²) in [5, 5.41) is 7.63. The van der Waals surface area contributed by atoms with Crippen molar-refractivity contribution >= 4 is 15.9 Å². The van der Waals surface area contributed by atoms with Crippen molar-refractivity contribution in [2.24, 2.45) is 5.92 Å². The maximum atomic E-state index is 5.41. The maximum Gasteiger partial charge on any atom is 0.228 e. The molecule has 21 heavy (non-hydrogen) atoms. The van der Waals surface area contributed by atoms with E-state index in [1.54, 1.807) is 0 Å². The van der Waals surface area contributed by atoms with Crippen LogP contribution in [0.1, 0.15) is 37.0 Å². The summed E-state index contributed by atoms with van der Waals surface area (Å²) in [5.41, 5.74) is 1.18. The molecule has 1 N–H and O–H groups in total. The van der Waals surface area contributed by atoms with Crippen molar-refractivity contribution in [1.29, 1.82) is 0 Å². The highest BCUT2D eigenvalue weighted by molar-refractivity contribution is 9.10. The molecule has 0 aliphatic heterocycles. The summed E-state index contributed by atoms with van der Waals surface area (Å²) in [6.07, 6.45) is 4.18. The van der Waals surface area contributed by atoms with Crippen LogP contribution >= 0.6 is 15.9 Å². The van der Waals surface area contributed by atoms with Gasteiger partial charge in [0.2, 0.25) is 5.89 Å². The molecule has 4 nitrogen and oxygen atoms in total. The molecule has 112 valence electrons. The second-order valence-corrected chi connectivity index (χ2v) is 6.53. The number of hydrogen-bond acceptors (Lipinski definition) is 4. The minimum Gasteiger partial charge on any atom is -0.339 e. The average Bonchev–Trinajstić information content (AvgIpc) is 3.21. The van der Waals surface area contributed by atoms with E-state index in [-0.39, 0.29) is 0 Å². The van der Waals surface area contributed by atoms with Gasteiger partial charge in [0.25, 0.3) is 0 Å². The second-order valence-electron chi connectivity index (χ2n) is 5.62. The maximum absolute atomic E-state index is 5.41. The number of likely N-dealkylation sites (N-methyl/N-ethyl adjacent to an activating group) is 1. The first-order chi connectivity index (χ1) is 10.2. The summed E-state index contributed by atoms with van der Waals surface area (Å²) in [6, 6.07) is 8.68. The van der Waals surface area contributed by atoms with Crippen LogP contribution in [0.4, 0.5) is 0 Å². The molecule has 1 atom stereocenters. The minimum atomic E-state index is 0.481. The van der Waals surface area contributed by atoms with Crippen molar-refractivity contribution in [3.8, 4) is 0 Å². The van der Waals surface area contributed by atoms with E-state index in [9.17, 15) is 0 Å². The molecule has 0 saturated heterocycles. The number of benzene rings is 1. The van der Waals surface area contributed by atoms with Gasteiger partial charge in [0.15, 0.2) is 5.82 Å². The normalized spacial score (nSPS) is 16.1. The third-order valence-electron chi connectivity index (χ3n) is 3.81. The summed E-state index contributed by atoms with van der Waals surface area (Å²) in [4.78, 5) is 4.53. The number of nitrogens with zero attached hydrogens (tertiary/aromatic N) is 2. The van der Waals surface area contributed by atoms with Gasteiger partial charge in [-0.15, -0.1) is 0 Å². The lowest BCUT2D eigenvalue weighted by Gasteiger charge is -2.14. The van der Waals surface area contributed by atoms with E-state index in [0.717, 1.165) is 35.1 Å². The van der Waals surface area contributed by atoms with Crippen LogP contribution in [0.5, 0.6) is 0 Å². The monoisotopic (exact) mass is 349 g/mol. The average molecular weight is 350 g/mol. The number of halogens is 1. The van der Waals surface area contributed by atoms with Gasteiger partial charge in [-0.1, -0.05) is 40.1 Å². The largest absolute Gasteiger partial charge is 0.339 e. The Labute approximate surface area is 133 Å². The summed E-state index contributed by atoms with van der Waals surface area (Å²) < 4.78 is 6.48. The first-order valence-corrected chi connectivity index (χ1v) is 8.33. The van der Waals surface area contributed by atoms with E-state index in [4.69, 9.17) is 4.52 Å². The molecule has 1 aliphatic carbocycles. The van der Waals surface area contributed by atoms with Crippen molar-refractivity contribution in [3.63, 3.8) is 0 Å². The van der Waals surface area contributed by atoms with Crippen LogP contribution in [0.3, 0.4) is 0 Å². The first kappa shape index (κ1) is 14.7. The van der Waals surface area contributed by atoms with Crippen LogP contribution in [0, 0.1) is 5.92 Å². The van der Waals surface area contributed by atoms with Crippen molar-refractivity contribution < 1.29 is 4.52 Å². The van der Waals surface area contributed by atoms with E-state index in [0.29, 0.717) is 12.5 Å². The quantitative estimate of drug-likeness (QED) is 0.832. The van der Waals surface area contributed by atoms with Crippen LogP contribution < -0.4 is 5.32 Å². The molecule has 1 fully saturated rings. The molecule has 0 bridgehead atoms. The van der Waals surface area contributed by atoms with E-state index in [1.807, 2.05) is 12.1 Å². The fraction of sp³-hybridized carbons (Fsp3) is 0.500. The van der Waals surface area contributed by atoms with Gasteiger partial charge in [-0.25, -0.2) is 0 Å². The Morgan fingerprint density at radius 1 is 1.43 bits per heavy atom. The molecule has 1 aromatic heterocycles. The molecule has 1 unspecified atom stereocenters. The number of hydrogen-bond donors (Lipinski definition) is 1. The summed E-state index contributed by atoms with van der Waals surface area (Å²) in [5.74, 6) is 2.29. The second kappa shape index (κ2) is 6.71. The van der Waals surface area contributed by atoms with Crippen molar-refractivity contribution in [3.05, 3.63) is 46.0 Å². The standard InChI is InChI=1S/C16H20BrN3O/c1-2-18-14(12-6-7-12)10-16-19-15(20-21-16)9-11-4-3-5-13(17)8-11/h3-5,8,12,14,18H,2,6-7,9-10H2,1H3. The van der Waals surface area contributed by atoms with Gasteiger partial charge in [-0.3, -0.25) is 0 Å². The molecule has 1 aliphatic rings. The van der Waals surface area contributed by atoms with Gasteiger partial charge in [0.05, 0.1) is 0 Å². The van der Waals surface area contributed by atoms with Gasteiger partial charge in [0.1, 0.15) is 0 Å². The van der Waals surface area contributed by atoms with Crippen LogP contribution in [-0.4, -0.2) is 22.7 Å². The molecule has 0 spiro atoms. The topological polar surface area (TPSA) is 51.0 Å². The van der Waals surface area contributed by atoms with Crippen molar-refractivity contribution in [2.45, 2.75) is 38.6 Å². The zero-order valence-electron chi connectivity index (χ0n) is 12.2. The van der Waals surface area contributed by atoms with Crippen molar-refractivity contribution in [1.82, 2.24) is 15.5 Å². The lowest BCUT2D eigenvalue weighted by atomic mass is 10.1. The fourth-order valence-electron chi connectivity index (χ4n) is 2.63. The Kier molecular flexibility index (Phi) is 4.70. The zero-order valence-corrected chi connectivity index (χ0v) is 13.8. The molecule has 0 radical (unpaired) electrons. The summed E-state index contributed by atoms with van der Waals surface area (Å²) >= 11 is 3.48. The third-order valence-corrected chi connectivity index (χ3v) is 4.31. The molecular weight excluding hydrogens is 330 g/mol. The first-order valence-electron chi connectivity index (χ1n) is 7.54. The van der Waals surface area contributed by atoms with E-state index >= 15 is 0 Å². The molecule has 5 heteroatoms. The SMILES string of the molecule is CCNC(Cc1nc(Cc2cccc(Br)c2)no1)C1CC1. The van der Waals surface area contributed by atoms with Crippen LogP contribution in [-0.2, 0) is 12.8 Å². The Morgan fingerprint density at radius 3 is 3.00 bits per heavy atom. The number of nitrogens with one attached hydrogen (secondary N) is 1. The molecule has 1 saturated carbocycles. The number of rotatable bonds is 7. The highest BCUT2D eigenvalue weighted by atomic mass is 79.9. The molecule has 3 rings (SSSR count). The zero-order chi connectivity index (χ0) is 14.7. The van der Waals surface area contributed by atoms with Crippen molar-refractivity contribution in [2.75, 3.05) is 6.54 Å². The van der Waals surface area contributed by atoms with Gasteiger partial charge < -0.3 is 9.84 Å². The van der Waals surface area contributed by atoms with Gasteiger partial charge >= 0.3 is 0 Å². The van der Waals surface area contributed by atoms with Gasteiger partial charge in [0, 0.05) is 23.4 Å². The summed E-state index contributed by atoms with van der Waals surface area (Å²) in [7, 11) is 0. The van der Waals surface area contributed by atoms with E-state index in [2.05, 4.69) is 50.4 Å². The predicted molar refractivity (Wildman–Crippen MR) is 85.1 cm³/mol. The highest BCUT2D eigenvalue weighted by Crippen LogP contribution is 2.33. The smallest absolute Gasteiger partial charge is 0.228 e. The molecule has 1 heterocycles. The van der Waals surface area contributed by atoms with Crippen LogP contribution in [0.2, 0.25) is 0 Å². The molecule has 0 amide bonds. The lowest BCUT2D eigenvalue weighted by Crippen LogP contribution is -2.33. The molecule has 1 aromatic carbocycles. The summed E-state index contributed by atoms with van der Waals surface area (Å²) in [6.45, 7) is 3.13. The lowest BCUT2D eigenvalue weighted by molar-refractivity contribution is 0.345. The fourth-order valence-corrected chi connectivity index (χ4v) is 3.08. The Bertz CT molecular complexity index is 595. The Hall–Kier alpha value is -1.20. The van der Waals surface area contributed by atoms with Gasteiger partial charge in [-0.05, 0) is 43.0 Å². The third kappa shape index (κ3) is 4.14. The van der Waals surface area contributed by atoms with Gasteiger partial charge in [-0.2, -0.15) is 4.98 Å².